The number of nitrogens with one attached hydrogen (secondary N) is 1. The molecule has 3 rings (SSSR count). The van der Waals surface area contributed by atoms with E-state index in [0.717, 1.165) is 37.2 Å². The van der Waals surface area contributed by atoms with E-state index in [1.165, 1.54) is 30.5 Å². The summed E-state index contributed by atoms with van der Waals surface area (Å²) in [6.45, 7) is 5.56. The van der Waals surface area contributed by atoms with Gasteiger partial charge in [-0.3, -0.25) is 4.79 Å². The van der Waals surface area contributed by atoms with Crippen molar-refractivity contribution in [3.8, 4) is 5.75 Å². The topological polar surface area (TPSA) is 41.6 Å². The third-order valence-electron chi connectivity index (χ3n) is 5.03. The summed E-state index contributed by atoms with van der Waals surface area (Å²) in [5, 5.41) is 3.03. The predicted octanol–water partition coefficient (Wildman–Crippen LogP) is 4.44. The number of benzene rings is 2. The number of hydrogen-bond donors (Lipinski definition) is 1. The zero-order chi connectivity index (χ0) is 18.9. The zero-order valence-electron chi connectivity index (χ0n) is 16.2. The van der Waals surface area contributed by atoms with Crippen molar-refractivity contribution in [3.05, 3.63) is 59.7 Å². The van der Waals surface area contributed by atoms with Crippen LogP contribution < -0.4 is 15.0 Å². The maximum Gasteiger partial charge on any atom is 0.251 e. The SMILES string of the molecule is CCOc1ccccc1CCCNC(=O)c1ccc(N2CCCCC2)cc1. The second kappa shape index (κ2) is 10.0. The zero-order valence-corrected chi connectivity index (χ0v) is 16.2. The van der Waals surface area contributed by atoms with Gasteiger partial charge in [0, 0.05) is 30.9 Å². The van der Waals surface area contributed by atoms with Crippen molar-refractivity contribution in [2.45, 2.75) is 39.0 Å². The molecule has 1 amide bonds. The molecule has 0 spiro atoms. The first kappa shape index (κ1) is 19.3. The van der Waals surface area contributed by atoms with E-state index in [1.54, 1.807) is 0 Å². The van der Waals surface area contributed by atoms with Crippen molar-refractivity contribution in [2.24, 2.45) is 0 Å². The minimum absolute atomic E-state index is 0.00159. The molecule has 0 unspecified atom stereocenters. The molecule has 27 heavy (non-hydrogen) atoms. The van der Waals surface area contributed by atoms with Gasteiger partial charge in [-0.25, -0.2) is 0 Å². The molecule has 1 aliphatic rings. The lowest BCUT2D eigenvalue weighted by atomic mass is 10.1. The minimum atomic E-state index is -0.00159. The lowest BCUT2D eigenvalue weighted by Crippen LogP contribution is -2.29. The fourth-order valence-corrected chi connectivity index (χ4v) is 3.57. The number of hydrogen-bond acceptors (Lipinski definition) is 3. The molecule has 1 aliphatic heterocycles. The minimum Gasteiger partial charge on any atom is -0.494 e. The number of anilines is 1. The Labute approximate surface area is 162 Å². The van der Waals surface area contributed by atoms with Crippen LogP contribution >= 0.6 is 0 Å². The van der Waals surface area contributed by atoms with E-state index in [1.807, 2.05) is 37.3 Å². The van der Waals surface area contributed by atoms with Crippen LogP contribution in [0.25, 0.3) is 0 Å². The summed E-state index contributed by atoms with van der Waals surface area (Å²) in [5.74, 6) is 0.943. The van der Waals surface area contributed by atoms with Gasteiger partial charge >= 0.3 is 0 Å². The molecule has 0 bridgehead atoms. The number of piperidine rings is 1. The maximum atomic E-state index is 12.4. The molecule has 1 N–H and O–H groups in total. The van der Waals surface area contributed by atoms with E-state index in [2.05, 4.69) is 28.4 Å². The lowest BCUT2D eigenvalue weighted by molar-refractivity contribution is 0.0953. The summed E-state index contributed by atoms with van der Waals surface area (Å²) in [5.41, 5.74) is 3.14. The molecule has 4 heteroatoms. The van der Waals surface area contributed by atoms with Crippen LogP contribution in [0.4, 0.5) is 5.69 Å². The van der Waals surface area contributed by atoms with Crippen LogP contribution in [-0.4, -0.2) is 32.1 Å². The molecule has 4 nitrogen and oxygen atoms in total. The number of nitrogens with zero attached hydrogens (tertiary/aromatic N) is 1. The maximum absolute atomic E-state index is 12.4. The van der Waals surface area contributed by atoms with Crippen LogP contribution in [0.1, 0.15) is 48.5 Å². The van der Waals surface area contributed by atoms with Gasteiger partial charge in [0.2, 0.25) is 0 Å². The normalized spacial score (nSPS) is 14.0. The first-order chi connectivity index (χ1) is 13.3. The van der Waals surface area contributed by atoms with E-state index in [9.17, 15) is 4.79 Å². The van der Waals surface area contributed by atoms with Gasteiger partial charge in [0.15, 0.2) is 0 Å². The van der Waals surface area contributed by atoms with Crippen molar-refractivity contribution >= 4 is 11.6 Å². The van der Waals surface area contributed by atoms with Gasteiger partial charge in [-0.15, -0.1) is 0 Å². The van der Waals surface area contributed by atoms with Gasteiger partial charge in [-0.1, -0.05) is 18.2 Å². The van der Waals surface area contributed by atoms with Crippen LogP contribution in [0.2, 0.25) is 0 Å². The fourth-order valence-electron chi connectivity index (χ4n) is 3.57. The van der Waals surface area contributed by atoms with Gasteiger partial charge in [0.1, 0.15) is 5.75 Å². The molecule has 144 valence electrons. The van der Waals surface area contributed by atoms with Gasteiger partial charge in [0.25, 0.3) is 5.91 Å². The lowest BCUT2D eigenvalue weighted by Gasteiger charge is -2.28. The highest BCUT2D eigenvalue weighted by atomic mass is 16.5. The van der Waals surface area contributed by atoms with Crippen LogP contribution in [-0.2, 0) is 6.42 Å². The van der Waals surface area contributed by atoms with Gasteiger partial charge < -0.3 is 15.0 Å². The number of carbonyl (C=O) groups excluding carboxylic acids is 1. The number of amides is 1. The Bertz CT molecular complexity index is 721. The number of carbonyl (C=O) groups is 1. The molecular weight excluding hydrogens is 336 g/mol. The molecule has 0 aliphatic carbocycles. The summed E-state index contributed by atoms with van der Waals surface area (Å²) in [4.78, 5) is 14.8. The smallest absolute Gasteiger partial charge is 0.251 e. The van der Waals surface area contributed by atoms with Crippen LogP contribution in [0, 0.1) is 0 Å². The van der Waals surface area contributed by atoms with E-state index >= 15 is 0 Å². The second-order valence-corrected chi connectivity index (χ2v) is 6.99. The molecule has 1 saturated heterocycles. The highest BCUT2D eigenvalue weighted by molar-refractivity contribution is 5.94. The molecular formula is C23H30N2O2. The Kier molecular flexibility index (Phi) is 7.14. The van der Waals surface area contributed by atoms with E-state index in [-0.39, 0.29) is 5.91 Å². The Hall–Kier alpha value is -2.49. The Balaban J connectivity index is 1.45. The van der Waals surface area contributed by atoms with Crippen LogP contribution in [0.3, 0.4) is 0 Å². The monoisotopic (exact) mass is 366 g/mol. The van der Waals surface area contributed by atoms with Crippen LogP contribution in [0.15, 0.2) is 48.5 Å². The van der Waals surface area contributed by atoms with Gasteiger partial charge in [-0.2, -0.15) is 0 Å². The van der Waals surface area contributed by atoms with E-state index in [0.29, 0.717) is 13.2 Å². The summed E-state index contributed by atoms with van der Waals surface area (Å²) < 4.78 is 5.65. The highest BCUT2D eigenvalue weighted by Gasteiger charge is 2.12. The third-order valence-corrected chi connectivity index (χ3v) is 5.03. The molecule has 0 saturated carbocycles. The number of ether oxygens (including phenoxy) is 1. The third kappa shape index (κ3) is 5.49. The van der Waals surface area contributed by atoms with Crippen molar-refractivity contribution in [1.29, 1.82) is 0 Å². The first-order valence-electron chi connectivity index (χ1n) is 10.1. The van der Waals surface area contributed by atoms with E-state index < -0.39 is 0 Å². The summed E-state index contributed by atoms with van der Waals surface area (Å²) >= 11 is 0. The molecule has 0 aromatic heterocycles. The molecule has 2 aromatic carbocycles. The van der Waals surface area contributed by atoms with E-state index in [4.69, 9.17) is 4.74 Å². The average Bonchev–Trinajstić information content (AvgIpc) is 2.73. The summed E-state index contributed by atoms with van der Waals surface area (Å²) in [7, 11) is 0. The van der Waals surface area contributed by atoms with Gasteiger partial charge in [0.05, 0.1) is 6.61 Å². The first-order valence-corrected chi connectivity index (χ1v) is 10.1. The van der Waals surface area contributed by atoms with Crippen LogP contribution in [0.5, 0.6) is 5.75 Å². The Morgan fingerprint density at radius 3 is 2.52 bits per heavy atom. The summed E-state index contributed by atoms with van der Waals surface area (Å²) in [6.07, 6.45) is 5.63. The number of aryl methyl sites for hydroxylation is 1. The number of para-hydroxylation sites is 1. The number of rotatable bonds is 8. The van der Waals surface area contributed by atoms with Crippen molar-refractivity contribution in [2.75, 3.05) is 31.1 Å². The predicted molar refractivity (Wildman–Crippen MR) is 111 cm³/mol. The molecule has 1 heterocycles. The quantitative estimate of drug-likeness (QED) is 0.702. The van der Waals surface area contributed by atoms with Crippen molar-refractivity contribution in [3.63, 3.8) is 0 Å². The van der Waals surface area contributed by atoms with Crippen molar-refractivity contribution < 1.29 is 9.53 Å². The molecule has 0 radical (unpaired) electrons. The molecule has 2 aromatic rings. The highest BCUT2D eigenvalue weighted by Crippen LogP contribution is 2.21. The largest absolute Gasteiger partial charge is 0.494 e. The van der Waals surface area contributed by atoms with Gasteiger partial charge in [-0.05, 0) is 74.9 Å². The standard InChI is InChI=1S/C23H30N2O2/c1-2-27-22-11-5-4-9-19(22)10-8-16-24-23(26)20-12-14-21(15-13-20)25-17-6-3-7-18-25/h4-5,9,11-15H,2-3,6-8,10,16-18H2,1H3,(H,24,26). The summed E-state index contributed by atoms with van der Waals surface area (Å²) in [6, 6.07) is 16.1. The second-order valence-electron chi connectivity index (χ2n) is 6.99. The Morgan fingerprint density at radius 2 is 1.78 bits per heavy atom. The Morgan fingerprint density at radius 1 is 1.04 bits per heavy atom. The molecule has 1 fully saturated rings. The molecule has 0 atom stereocenters. The average molecular weight is 367 g/mol. The van der Waals surface area contributed by atoms with Crippen molar-refractivity contribution in [1.82, 2.24) is 5.32 Å². The fraction of sp³-hybridized carbons (Fsp3) is 0.435.